The highest BCUT2D eigenvalue weighted by Gasteiger charge is 2.29. The molecule has 2 heterocycles. The first-order valence-corrected chi connectivity index (χ1v) is 14.1. The average molecular weight is 491 g/mol. The summed E-state index contributed by atoms with van der Waals surface area (Å²) >= 11 is 0. The Morgan fingerprint density at radius 3 is 2.59 bits per heavy atom. The number of hydrogen-bond donors (Lipinski definition) is 0. The van der Waals surface area contributed by atoms with Crippen LogP contribution >= 0.6 is 0 Å². The smallest absolute Gasteiger partial charge is 0.163 e. The molecule has 1 saturated heterocycles. The predicted octanol–water partition coefficient (Wildman–Crippen LogP) is 7.23. The Morgan fingerprint density at radius 2 is 1.81 bits per heavy atom. The predicted molar refractivity (Wildman–Crippen MR) is 150 cm³/mol. The fourth-order valence-corrected chi connectivity index (χ4v) is 6.68. The Morgan fingerprint density at radius 1 is 0.973 bits per heavy atom. The molecule has 2 aromatic carbocycles. The number of pyridine rings is 1. The van der Waals surface area contributed by atoms with Crippen LogP contribution in [0.4, 0.5) is 0 Å². The first kappa shape index (κ1) is 24.3. The van der Waals surface area contributed by atoms with Crippen molar-refractivity contribution in [3.63, 3.8) is 0 Å². The van der Waals surface area contributed by atoms with Crippen molar-refractivity contribution in [2.45, 2.75) is 64.8 Å². The lowest BCUT2D eigenvalue weighted by atomic mass is 9.80. The molecule has 3 aliphatic rings. The van der Waals surface area contributed by atoms with Gasteiger partial charge in [0.15, 0.2) is 5.78 Å². The molecular weight excluding hydrogens is 452 g/mol. The number of nitrogens with zero attached hydrogens (tertiary/aromatic N) is 2. The van der Waals surface area contributed by atoms with Gasteiger partial charge in [-0.05, 0) is 117 Å². The van der Waals surface area contributed by atoms with Crippen LogP contribution < -0.4 is 0 Å². The van der Waals surface area contributed by atoms with Crippen LogP contribution in [0.1, 0.15) is 76.7 Å². The minimum Gasteiger partial charge on any atom is -0.299 e. The lowest BCUT2D eigenvalue weighted by Gasteiger charge is -2.31. The lowest BCUT2D eigenvalue weighted by molar-refractivity contribution is 0.0925. The normalized spacial score (nSPS) is 20.1. The van der Waals surface area contributed by atoms with Crippen LogP contribution in [0, 0.1) is 18.8 Å². The second kappa shape index (κ2) is 10.8. The van der Waals surface area contributed by atoms with E-state index < -0.39 is 0 Å². The van der Waals surface area contributed by atoms with Gasteiger partial charge >= 0.3 is 0 Å². The summed E-state index contributed by atoms with van der Waals surface area (Å²) in [7, 11) is 0. The van der Waals surface area contributed by atoms with Gasteiger partial charge in [-0.25, -0.2) is 0 Å². The largest absolute Gasteiger partial charge is 0.299 e. The number of carbonyl (C=O) groups excluding carboxylic acids is 1. The van der Waals surface area contributed by atoms with Gasteiger partial charge in [-0.2, -0.15) is 0 Å². The van der Waals surface area contributed by atoms with Crippen LogP contribution in [0.3, 0.4) is 0 Å². The van der Waals surface area contributed by atoms with Gasteiger partial charge in [-0.1, -0.05) is 53.6 Å². The summed E-state index contributed by atoms with van der Waals surface area (Å²) in [6.07, 6.45) is 12.6. The van der Waals surface area contributed by atoms with Crippen LogP contribution in [-0.2, 0) is 19.4 Å². The Bertz CT molecular complexity index is 1280. The number of likely N-dealkylation sites (tertiary alicyclic amines) is 1. The molecule has 3 aromatic rings. The van der Waals surface area contributed by atoms with Crippen LogP contribution in [-0.4, -0.2) is 28.8 Å². The molecule has 0 amide bonds. The second-order valence-electron chi connectivity index (χ2n) is 11.6. The topological polar surface area (TPSA) is 33.2 Å². The van der Waals surface area contributed by atoms with Crippen LogP contribution in [0.5, 0.6) is 0 Å². The van der Waals surface area contributed by atoms with E-state index in [1.165, 1.54) is 40.7 Å². The molecule has 0 saturated carbocycles. The number of aromatic nitrogens is 1. The summed E-state index contributed by atoms with van der Waals surface area (Å²) in [5, 5.41) is 0. The Kier molecular flexibility index (Phi) is 7.06. The maximum atomic E-state index is 13.3. The fourth-order valence-electron chi connectivity index (χ4n) is 6.68. The number of rotatable bonds is 7. The summed E-state index contributed by atoms with van der Waals surface area (Å²) < 4.78 is 0. The van der Waals surface area contributed by atoms with Gasteiger partial charge in [-0.15, -0.1) is 0 Å². The van der Waals surface area contributed by atoms with Gasteiger partial charge < -0.3 is 0 Å². The summed E-state index contributed by atoms with van der Waals surface area (Å²) in [5.74, 6) is 1.52. The van der Waals surface area contributed by atoms with Crippen molar-refractivity contribution in [1.29, 1.82) is 0 Å². The summed E-state index contributed by atoms with van der Waals surface area (Å²) in [4.78, 5) is 20.1. The third kappa shape index (κ3) is 5.62. The number of fused-ring (bicyclic) bond motifs is 2. The van der Waals surface area contributed by atoms with E-state index in [1.807, 2.05) is 18.5 Å². The van der Waals surface area contributed by atoms with E-state index in [1.54, 1.807) is 11.1 Å². The molecular formula is C34H38N2O. The van der Waals surface area contributed by atoms with E-state index in [0.717, 1.165) is 57.3 Å². The van der Waals surface area contributed by atoms with Crippen LogP contribution in [0.2, 0.25) is 0 Å². The van der Waals surface area contributed by atoms with Gasteiger partial charge in [0.05, 0.1) is 0 Å². The van der Waals surface area contributed by atoms with E-state index in [4.69, 9.17) is 0 Å². The van der Waals surface area contributed by atoms with E-state index in [0.29, 0.717) is 24.0 Å². The number of piperidine rings is 1. The summed E-state index contributed by atoms with van der Waals surface area (Å²) in [6, 6.07) is 19.8. The van der Waals surface area contributed by atoms with E-state index >= 15 is 0 Å². The zero-order valence-electron chi connectivity index (χ0n) is 22.1. The van der Waals surface area contributed by atoms with Crippen molar-refractivity contribution in [3.05, 3.63) is 106 Å². The molecule has 190 valence electrons. The molecule has 1 aromatic heterocycles. The maximum Gasteiger partial charge on any atom is 0.163 e. The van der Waals surface area contributed by atoms with Gasteiger partial charge in [0.2, 0.25) is 0 Å². The van der Waals surface area contributed by atoms with Crippen molar-refractivity contribution in [2.75, 3.05) is 13.1 Å². The molecule has 2 aliphatic carbocycles. The fraction of sp³-hybridized carbons (Fsp3) is 0.412. The lowest BCUT2D eigenvalue weighted by Crippen LogP contribution is -2.33. The molecule has 0 spiro atoms. The molecule has 1 aliphatic heterocycles. The molecule has 3 nitrogen and oxygen atoms in total. The molecule has 1 unspecified atom stereocenters. The van der Waals surface area contributed by atoms with E-state index in [-0.39, 0.29) is 0 Å². The Hall–Kier alpha value is -3.04. The molecule has 1 atom stereocenters. The number of benzene rings is 2. The molecule has 37 heavy (non-hydrogen) atoms. The Balaban J connectivity index is 1.07. The monoisotopic (exact) mass is 490 g/mol. The number of allylic oxidation sites excluding steroid dienone is 2. The van der Waals surface area contributed by atoms with Crippen molar-refractivity contribution in [3.8, 4) is 0 Å². The number of aryl methyl sites for hydroxylation is 1. The standard InChI is InChI=1S/C34H38N2O/c1-24-4-6-25(7-5-24)17-27-8-9-29-20-30-10-11-31(21-33(30)32(29)18-27)34(37)19-26-12-15-36(16-13-26)23-28-3-2-14-35-22-28/h2-7,10-11,14,21-22,26-27H,8-9,12-13,15-20,23H2,1H3. The van der Waals surface area contributed by atoms with Crippen LogP contribution in [0.25, 0.3) is 5.57 Å². The SMILES string of the molecule is Cc1ccc(CC2CCC3=C(C2)c2cc(C(=O)CC4CCN(Cc5cccnc5)CC4)ccc2C3)cc1. The highest BCUT2D eigenvalue weighted by molar-refractivity contribution is 5.97. The van der Waals surface area contributed by atoms with Gasteiger partial charge in [-0.3, -0.25) is 14.7 Å². The maximum absolute atomic E-state index is 13.3. The number of Topliss-reactive ketones (excluding diaryl/α,β-unsaturated/α-hetero) is 1. The van der Waals surface area contributed by atoms with Gasteiger partial charge in [0.25, 0.3) is 0 Å². The van der Waals surface area contributed by atoms with Crippen molar-refractivity contribution in [1.82, 2.24) is 9.88 Å². The minimum atomic E-state index is 0.328. The molecule has 6 rings (SSSR count). The van der Waals surface area contributed by atoms with Gasteiger partial charge in [0, 0.05) is 30.9 Å². The number of carbonyl (C=O) groups is 1. The summed E-state index contributed by atoms with van der Waals surface area (Å²) in [5.41, 5.74) is 11.0. The van der Waals surface area contributed by atoms with Crippen LogP contribution in [0.15, 0.2) is 72.6 Å². The highest BCUT2D eigenvalue weighted by Crippen LogP contribution is 2.44. The zero-order chi connectivity index (χ0) is 25.2. The number of hydrogen-bond acceptors (Lipinski definition) is 3. The third-order valence-electron chi connectivity index (χ3n) is 8.89. The van der Waals surface area contributed by atoms with Gasteiger partial charge in [0.1, 0.15) is 0 Å². The van der Waals surface area contributed by atoms with Crippen molar-refractivity contribution in [2.24, 2.45) is 11.8 Å². The molecule has 3 heteroatoms. The number of ketones is 1. The highest BCUT2D eigenvalue weighted by atomic mass is 16.1. The summed E-state index contributed by atoms with van der Waals surface area (Å²) in [6.45, 7) is 5.25. The van der Waals surface area contributed by atoms with E-state index in [9.17, 15) is 4.79 Å². The Labute approximate surface area is 221 Å². The quantitative estimate of drug-likeness (QED) is 0.328. The first-order valence-electron chi connectivity index (χ1n) is 14.1. The second-order valence-corrected chi connectivity index (χ2v) is 11.6. The molecule has 0 N–H and O–H groups in total. The van der Waals surface area contributed by atoms with Crippen molar-refractivity contribution >= 4 is 11.4 Å². The first-order chi connectivity index (χ1) is 18.1. The zero-order valence-corrected chi connectivity index (χ0v) is 22.1. The minimum absolute atomic E-state index is 0.328. The average Bonchev–Trinajstić information content (AvgIpc) is 3.29. The van der Waals surface area contributed by atoms with E-state index in [2.05, 4.69) is 65.3 Å². The molecule has 0 radical (unpaired) electrons. The van der Waals surface area contributed by atoms with Crippen molar-refractivity contribution < 1.29 is 4.79 Å². The molecule has 1 fully saturated rings. The third-order valence-corrected chi connectivity index (χ3v) is 8.89. The molecule has 0 bridgehead atoms.